The zero-order chi connectivity index (χ0) is 13.1. The minimum Gasteiger partial charge on any atom is -0.0654 e. The molecule has 0 saturated carbocycles. The van der Waals surface area contributed by atoms with E-state index in [4.69, 9.17) is 0 Å². The van der Waals surface area contributed by atoms with Crippen molar-refractivity contribution < 1.29 is 0 Å². The highest BCUT2D eigenvalue weighted by Gasteiger charge is 2.25. The van der Waals surface area contributed by atoms with Gasteiger partial charge in [-0.3, -0.25) is 0 Å². The second-order valence-electron chi connectivity index (χ2n) is 5.30. The first kappa shape index (κ1) is 12.2. The molecular formula is C19H20. The van der Waals surface area contributed by atoms with Gasteiger partial charge in [0.1, 0.15) is 0 Å². The molecule has 0 amide bonds. The minimum absolute atomic E-state index is 0.476. The van der Waals surface area contributed by atoms with Gasteiger partial charge in [-0.05, 0) is 29.5 Å². The zero-order valence-corrected chi connectivity index (χ0v) is 11.5. The van der Waals surface area contributed by atoms with Crippen molar-refractivity contribution in [3.8, 4) is 0 Å². The summed E-state index contributed by atoms with van der Waals surface area (Å²) in [6.07, 6.45) is 6.16. The van der Waals surface area contributed by atoms with Gasteiger partial charge in [-0.25, -0.2) is 0 Å². The van der Waals surface area contributed by atoms with Gasteiger partial charge in [-0.1, -0.05) is 79.6 Å². The molecule has 0 heteroatoms. The zero-order valence-electron chi connectivity index (χ0n) is 11.5. The smallest absolute Gasteiger partial charge is 0.0308 e. The standard InChI is InChI=1S/C19H20/c1-2-3-9-17-14-16-12-7-8-13-18(16)19(17)15-10-5-4-6-11-15/h4-8,10-14,19H,2-3,9H2,1H3. The van der Waals surface area contributed by atoms with Crippen LogP contribution in [0.3, 0.4) is 0 Å². The van der Waals surface area contributed by atoms with Crippen LogP contribution in [-0.4, -0.2) is 0 Å². The number of hydrogen-bond acceptors (Lipinski definition) is 0. The van der Waals surface area contributed by atoms with Gasteiger partial charge in [-0.2, -0.15) is 0 Å². The van der Waals surface area contributed by atoms with E-state index in [1.807, 2.05) is 0 Å². The molecule has 0 aromatic heterocycles. The number of unbranched alkanes of at least 4 members (excludes halogenated alkanes) is 1. The summed E-state index contributed by atoms with van der Waals surface area (Å²) < 4.78 is 0. The van der Waals surface area contributed by atoms with Gasteiger partial charge in [-0.15, -0.1) is 0 Å². The monoisotopic (exact) mass is 248 g/mol. The predicted octanol–water partition coefficient (Wildman–Crippen LogP) is 5.41. The Hall–Kier alpha value is -1.82. The average Bonchev–Trinajstić information content (AvgIpc) is 2.84. The van der Waals surface area contributed by atoms with Crippen LogP contribution < -0.4 is 0 Å². The van der Waals surface area contributed by atoms with E-state index < -0.39 is 0 Å². The van der Waals surface area contributed by atoms with E-state index in [2.05, 4.69) is 67.6 Å². The maximum atomic E-state index is 2.41. The fraction of sp³-hybridized carbons (Fsp3) is 0.263. The Labute approximate surface area is 115 Å². The van der Waals surface area contributed by atoms with E-state index in [1.165, 1.54) is 36.0 Å². The number of hydrogen-bond donors (Lipinski definition) is 0. The van der Waals surface area contributed by atoms with Gasteiger partial charge >= 0.3 is 0 Å². The molecule has 0 saturated heterocycles. The fourth-order valence-corrected chi connectivity index (χ4v) is 3.02. The third kappa shape index (κ3) is 2.35. The topological polar surface area (TPSA) is 0 Å². The Balaban J connectivity index is 2.01. The lowest BCUT2D eigenvalue weighted by atomic mass is 9.86. The Morgan fingerprint density at radius 2 is 1.63 bits per heavy atom. The summed E-state index contributed by atoms with van der Waals surface area (Å²) in [5, 5.41) is 0. The van der Waals surface area contributed by atoms with E-state index in [-0.39, 0.29) is 0 Å². The molecule has 0 nitrogen and oxygen atoms in total. The van der Waals surface area contributed by atoms with Crippen molar-refractivity contribution in [1.29, 1.82) is 0 Å². The summed E-state index contributed by atoms with van der Waals surface area (Å²) in [6, 6.07) is 19.7. The van der Waals surface area contributed by atoms with Gasteiger partial charge < -0.3 is 0 Å². The van der Waals surface area contributed by atoms with Gasteiger partial charge in [0.2, 0.25) is 0 Å². The van der Waals surface area contributed by atoms with Gasteiger partial charge in [0, 0.05) is 5.92 Å². The van der Waals surface area contributed by atoms with Crippen molar-refractivity contribution in [2.45, 2.75) is 32.1 Å². The Morgan fingerprint density at radius 3 is 2.42 bits per heavy atom. The fourth-order valence-electron chi connectivity index (χ4n) is 3.02. The largest absolute Gasteiger partial charge is 0.0654 e. The normalized spacial score (nSPS) is 17.1. The third-order valence-corrected chi connectivity index (χ3v) is 3.97. The molecule has 0 spiro atoms. The molecule has 0 N–H and O–H groups in total. The second kappa shape index (κ2) is 5.44. The first-order chi connectivity index (χ1) is 9.40. The Kier molecular flexibility index (Phi) is 3.50. The SMILES string of the molecule is CCCCC1=Cc2ccccc2C1c1ccccc1. The van der Waals surface area contributed by atoms with Crippen LogP contribution in [0.25, 0.3) is 6.08 Å². The summed E-state index contributed by atoms with van der Waals surface area (Å²) >= 11 is 0. The van der Waals surface area contributed by atoms with Crippen LogP contribution in [0.4, 0.5) is 0 Å². The molecule has 0 bridgehead atoms. The average molecular weight is 248 g/mol. The quantitative estimate of drug-likeness (QED) is 0.679. The van der Waals surface area contributed by atoms with Gasteiger partial charge in [0.25, 0.3) is 0 Å². The van der Waals surface area contributed by atoms with Crippen LogP contribution >= 0.6 is 0 Å². The van der Waals surface area contributed by atoms with Crippen LogP contribution in [-0.2, 0) is 0 Å². The highest BCUT2D eigenvalue weighted by molar-refractivity contribution is 5.69. The molecule has 3 rings (SSSR count). The summed E-state index contributed by atoms with van der Waals surface area (Å²) in [5.41, 5.74) is 5.88. The Bertz CT molecular complexity index is 578. The molecule has 0 aliphatic heterocycles. The van der Waals surface area contributed by atoms with Gasteiger partial charge in [0.05, 0.1) is 0 Å². The summed E-state index contributed by atoms with van der Waals surface area (Å²) in [6.45, 7) is 2.26. The number of rotatable bonds is 4. The van der Waals surface area contributed by atoms with E-state index >= 15 is 0 Å². The highest BCUT2D eigenvalue weighted by Crippen LogP contribution is 2.42. The molecule has 1 aliphatic rings. The van der Waals surface area contributed by atoms with E-state index in [0.717, 1.165) is 0 Å². The highest BCUT2D eigenvalue weighted by atomic mass is 14.3. The lowest BCUT2D eigenvalue weighted by molar-refractivity contribution is 0.755. The molecule has 96 valence electrons. The minimum atomic E-state index is 0.476. The van der Waals surface area contributed by atoms with Crippen molar-refractivity contribution in [1.82, 2.24) is 0 Å². The lowest BCUT2D eigenvalue weighted by Crippen LogP contribution is -2.01. The van der Waals surface area contributed by atoms with Crippen molar-refractivity contribution in [2.75, 3.05) is 0 Å². The number of benzene rings is 2. The lowest BCUT2D eigenvalue weighted by Gasteiger charge is -2.17. The molecule has 0 radical (unpaired) electrons. The van der Waals surface area contributed by atoms with Crippen molar-refractivity contribution in [3.63, 3.8) is 0 Å². The summed E-state index contributed by atoms with van der Waals surface area (Å²) in [7, 11) is 0. The summed E-state index contributed by atoms with van der Waals surface area (Å²) in [5.74, 6) is 0.476. The maximum Gasteiger partial charge on any atom is 0.0308 e. The van der Waals surface area contributed by atoms with Crippen LogP contribution in [0.1, 0.15) is 48.8 Å². The third-order valence-electron chi connectivity index (χ3n) is 3.97. The van der Waals surface area contributed by atoms with E-state index in [9.17, 15) is 0 Å². The van der Waals surface area contributed by atoms with Crippen LogP contribution in [0.5, 0.6) is 0 Å². The molecule has 2 aromatic rings. The van der Waals surface area contributed by atoms with E-state index in [1.54, 1.807) is 5.57 Å². The molecule has 1 atom stereocenters. The maximum absolute atomic E-state index is 2.41. The molecule has 1 aliphatic carbocycles. The Morgan fingerprint density at radius 1 is 0.895 bits per heavy atom. The first-order valence-corrected chi connectivity index (χ1v) is 7.24. The van der Waals surface area contributed by atoms with Crippen LogP contribution in [0.15, 0.2) is 60.2 Å². The number of allylic oxidation sites excluding steroid dienone is 1. The molecule has 2 aromatic carbocycles. The van der Waals surface area contributed by atoms with Crippen molar-refractivity contribution in [3.05, 3.63) is 76.9 Å². The molecule has 19 heavy (non-hydrogen) atoms. The van der Waals surface area contributed by atoms with Crippen LogP contribution in [0, 0.1) is 0 Å². The first-order valence-electron chi connectivity index (χ1n) is 7.24. The van der Waals surface area contributed by atoms with E-state index in [0.29, 0.717) is 5.92 Å². The predicted molar refractivity (Wildman–Crippen MR) is 82.2 cm³/mol. The number of fused-ring (bicyclic) bond motifs is 1. The van der Waals surface area contributed by atoms with Crippen molar-refractivity contribution in [2.24, 2.45) is 0 Å². The second-order valence-corrected chi connectivity index (χ2v) is 5.30. The molecule has 0 fully saturated rings. The van der Waals surface area contributed by atoms with Gasteiger partial charge in [0.15, 0.2) is 0 Å². The van der Waals surface area contributed by atoms with Crippen molar-refractivity contribution >= 4 is 6.08 Å². The van der Waals surface area contributed by atoms with Crippen LogP contribution in [0.2, 0.25) is 0 Å². The molecule has 0 heterocycles. The molecule has 1 unspecified atom stereocenters. The summed E-state index contributed by atoms with van der Waals surface area (Å²) in [4.78, 5) is 0. The molecular weight excluding hydrogens is 228 g/mol.